The molecule has 0 radical (unpaired) electrons. The summed E-state index contributed by atoms with van der Waals surface area (Å²) in [7, 11) is 3.85. The molecule has 0 bridgehead atoms. The Morgan fingerprint density at radius 2 is 2.10 bits per heavy atom. The van der Waals surface area contributed by atoms with Gasteiger partial charge in [0.1, 0.15) is 6.33 Å². The molecule has 3 aromatic heterocycles. The first kappa shape index (κ1) is 12.6. The molecule has 0 atom stereocenters. The maximum atomic E-state index is 4.67. The van der Waals surface area contributed by atoms with E-state index in [2.05, 4.69) is 32.0 Å². The number of hydrogen-bond donors (Lipinski definition) is 1. The van der Waals surface area contributed by atoms with Crippen LogP contribution in [0.25, 0.3) is 17.0 Å². The number of aromatic nitrogens is 6. The zero-order chi connectivity index (χ0) is 14.3. The monoisotopic (exact) mass is 271 g/mol. The van der Waals surface area contributed by atoms with Gasteiger partial charge in [0.25, 0.3) is 0 Å². The zero-order valence-corrected chi connectivity index (χ0v) is 12.0. The Bertz CT molecular complexity index is 753. The second-order valence-electron chi connectivity index (χ2n) is 4.86. The summed E-state index contributed by atoms with van der Waals surface area (Å²) in [6.45, 7) is 4.12. The Balaban J connectivity index is 2.21. The summed E-state index contributed by atoms with van der Waals surface area (Å²) in [6.07, 6.45) is 4.23. The molecule has 0 saturated heterocycles. The summed E-state index contributed by atoms with van der Waals surface area (Å²) in [4.78, 5) is 18.4. The van der Waals surface area contributed by atoms with Crippen molar-refractivity contribution in [1.29, 1.82) is 0 Å². The normalized spacial score (nSPS) is 11.2. The molecule has 0 aliphatic heterocycles. The molecule has 0 unspecified atom stereocenters. The van der Waals surface area contributed by atoms with E-state index in [9.17, 15) is 0 Å². The summed E-state index contributed by atoms with van der Waals surface area (Å²) >= 11 is 0. The third-order valence-corrected chi connectivity index (χ3v) is 3.31. The predicted molar refractivity (Wildman–Crippen MR) is 77.2 cm³/mol. The van der Waals surface area contributed by atoms with Crippen molar-refractivity contribution in [2.45, 2.75) is 20.3 Å². The Hall–Kier alpha value is -2.44. The summed E-state index contributed by atoms with van der Waals surface area (Å²) < 4.78 is 1.69. The first-order valence-electron chi connectivity index (χ1n) is 6.53. The lowest BCUT2D eigenvalue weighted by Crippen LogP contribution is -2.15. The highest BCUT2D eigenvalue weighted by Crippen LogP contribution is 2.21. The third-order valence-electron chi connectivity index (χ3n) is 3.31. The summed E-state index contributed by atoms with van der Waals surface area (Å²) in [5.74, 6) is 1.38. The highest BCUT2D eigenvalue weighted by Gasteiger charge is 2.15. The predicted octanol–water partition coefficient (Wildman–Crippen LogP) is 1.48. The Kier molecular flexibility index (Phi) is 2.89. The van der Waals surface area contributed by atoms with E-state index in [1.807, 2.05) is 32.1 Å². The average Bonchev–Trinajstić information content (AvgIpc) is 3.04. The molecule has 3 rings (SSSR count). The van der Waals surface area contributed by atoms with Gasteiger partial charge in [0.15, 0.2) is 0 Å². The molecule has 0 saturated carbocycles. The number of rotatable bonds is 3. The van der Waals surface area contributed by atoms with E-state index in [1.54, 1.807) is 4.68 Å². The topological polar surface area (TPSA) is 75.5 Å². The van der Waals surface area contributed by atoms with Crippen molar-refractivity contribution in [1.82, 2.24) is 29.7 Å². The summed E-state index contributed by atoms with van der Waals surface area (Å²) in [5.41, 5.74) is 4.05. The van der Waals surface area contributed by atoms with Gasteiger partial charge in [-0.2, -0.15) is 14.8 Å². The number of anilines is 1. The quantitative estimate of drug-likeness (QED) is 0.780. The number of aryl methyl sites for hydroxylation is 2. The third kappa shape index (κ3) is 1.82. The zero-order valence-electron chi connectivity index (χ0n) is 12.0. The van der Waals surface area contributed by atoms with E-state index in [4.69, 9.17) is 0 Å². The Morgan fingerprint density at radius 1 is 1.30 bits per heavy atom. The van der Waals surface area contributed by atoms with Crippen LogP contribution < -0.4 is 4.90 Å². The van der Waals surface area contributed by atoms with Crippen molar-refractivity contribution in [3.05, 3.63) is 23.8 Å². The Labute approximate surface area is 116 Å². The summed E-state index contributed by atoms with van der Waals surface area (Å²) in [6, 6.07) is 0. The van der Waals surface area contributed by atoms with Gasteiger partial charge in [-0.3, -0.25) is 4.98 Å². The number of aromatic amines is 1. The number of nitrogens with zero attached hydrogens (tertiary/aromatic N) is 6. The highest BCUT2D eigenvalue weighted by molar-refractivity contribution is 5.79. The number of fused-ring (bicyclic) bond motifs is 1. The molecular weight excluding hydrogens is 254 g/mol. The van der Waals surface area contributed by atoms with Gasteiger partial charge in [-0.1, -0.05) is 6.92 Å². The van der Waals surface area contributed by atoms with Crippen molar-refractivity contribution >= 4 is 17.0 Å². The van der Waals surface area contributed by atoms with Crippen LogP contribution in [0.3, 0.4) is 0 Å². The van der Waals surface area contributed by atoms with Crippen LogP contribution in [0.2, 0.25) is 0 Å². The van der Waals surface area contributed by atoms with Crippen molar-refractivity contribution in [2.24, 2.45) is 0 Å². The van der Waals surface area contributed by atoms with E-state index in [1.165, 1.54) is 6.33 Å². The van der Waals surface area contributed by atoms with Crippen LogP contribution >= 0.6 is 0 Å². The minimum atomic E-state index is 0.656. The smallest absolute Gasteiger partial charge is 0.232 e. The first-order valence-corrected chi connectivity index (χ1v) is 6.53. The molecule has 7 heteroatoms. The van der Waals surface area contributed by atoms with Gasteiger partial charge in [-0.15, -0.1) is 0 Å². The minimum Gasteiger partial charge on any atom is -0.347 e. The number of nitrogens with one attached hydrogen (secondary N) is 1. The van der Waals surface area contributed by atoms with Gasteiger partial charge in [0.2, 0.25) is 11.9 Å². The van der Waals surface area contributed by atoms with Crippen LogP contribution in [0.4, 0.5) is 5.95 Å². The van der Waals surface area contributed by atoms with Gasteiger partial charge < -0.3 is 9.88 Å². The standard InChI is InChI=1S/C13H17N7/c1-5-9-8(2)14-6-10-11(9)18-12(17-10)20-13(19(3)4)15-7-16-20/h6-7H,5H2,1-4H3,(H,17,18). The van der Waals surface area contributed by atoms with Crippen molar-refractivity contribution in [3.63, 3.8) is 0 Å². The second-order valence-corrected chi connectivity index (χ2v) is 4.86. The molecule has 1 N–H and O–H groups in total. The van der Waals surface area contributed by atoms with Gasteiger partial charge in [-0.25, -0.2) is 4.98 Å². The van der Waals surface area contributed by atoms with Crippen molar-refractivity contribution in [3.8, 4) is 5.95 Å². The van der Waals surface area contributed by atoms with Crippen molar-refractivity contribution in [2.75, 3.05) is 19.0 Å². The molecule has 104 valence electrons. The fourth-order valence-electron chi connectivity index (χ4n) is 2.32. The van der Waals surface area contributed by atoms with E-state index >= 15 is 0 Å². The maximum Gasteiger partial charge on any atom is 0.232 e. The second kappa shape index (κ2) is 4.59. The average molecular weight is 271 g/mol. The molecule has 3 aromatic rings. The minimum absolute atomic E-state index is 0.656. The van der Waals surface area contributed by atoms with E-state index in [-0.39, 0.29) is 0 Å². The molecule has 3 heterocycles. The largest absolute Gasteiger partial charge is 0.347 e. The van der Waals surface area contributed by atoms with Gasteiger partial charge in [0.05, 0.1) is 17.2 Å². The van der Waals surface area contributed by atoms with E-state index < -0.39 is 0 Å². The summed E-state index contributed by atoms with van der Waals surface area (Å²) in [5, 5.41) is 4.23. The number of imidazole rings is 1. The lowest BCUT2D eigenvalue weighted by atomic mass is 10.1. The van der Waals surface area contributed by atoms with E-state index in [0.717, 1.165) is 34.7 Å². The van der Waals surface area contributed by atoms with Gasteiger partial charge >= 0.3 is 0 Å². The lowest BCUT2D eigenvalue weighted by molar-refractivity contribution is 0.807. The fraction of sp³-hybridized carbons (Fsp3) is 0.385. The molecular formula is C13H17N7. The van der Waals surface area contributed by atoms with Crippen LogP contribution in [-0.2, 0) is 6.42 Å². The van der Waals surface area contributed by atoms with Gasteiger partial charge in [0, 0.05) is 25.4 Å². The molecule has 7 nitrogen and oxygen atoms in total. The number of H-pyrrole nitrogens is 1. The molecule has 0 amide bonds. The van der Waals surface area contributed by atoms with Crippen LogP contribution in [0.15, 0.2) is 12.5 Å². The highest BCUT2D eigenvalue weighted by atomic mass is 15.5. The SMILES string of the molecule is CCc1c(C)ncc2[nH]c(-n3ncnc3N(C)C)nc12. The molecule has 0 aromatic carbocycles. The van der Waals surface area contributed by atoms with E-state index in [0.29, 0.717) is 5.95 Å². The Morgan fingerprint density at radius 3 is 2.80 bits per heavy atom. The molecule has 0 aliphatic carbocycles. The van der Waals surface area contributed by atoms with Crippen LogP contribution in [0.1, 0.15) is 18.2 Å². The molecule has 0 fully saturated rings. The molecule has 0 aliphatic rings. The molecule has 20 heavy (non-hydrogen) atoms. The first-order chi connectivity index (χ1) is 9.61. The van der Waals surface area contributed by atoms with Crippen LogP contribution in [0, 0.1) is 6.92 Å². The molecule has 0 spiro atoms. The number of hydrogen-bond acceptors (Lipinski definition) is 5. The van der Waals surface area contributed by atoms with Gasteiger partial charge in [-0.05, 0) is 13.3 Å². The maximum absolute atomic E-state index is 4.67. The fourth-order valence-corrected chi connectivity index (χ4v) is 2.32. The number of pyridine rings is 1. The van der Waals surface area contributed by atoms with Crippen LogP contribution in [0.5, 0.6) is 0 Å². The van der Waals surface area contributed by atoms with Crippen molar-refractivity contribution < 1.29 is 0 Å². The lowest BCUT2D eigenvalue weighted by Gasteiger charge is -2.10. The van der Waals surface area contributed by atoms with Crippen LogP contribution in [-0.4, -0.2) is 43.8 Å².